The number of nitrogens with one attached hydrogen (secondary N) is 1. The molecule has 1 heterocycles. The first-order chi connectivity index (χ1) is 15.4. The van der Waals surface area contributed by atoms with Crippen LogP contribution in [0.2, 0.25) is 0 Å². The summed E-state index contributed by atoms with van der Waals surface area (Å²) in [7, 11) is 0. The molecule has 2 amide bonds. The predicted octanol–water partition coefficient (Wildman–Crippen LogP) is 3.53. The van der Waals surface area contributed by atoms with Crippen LogP contribution < -0.4 is 10.2 Å². The quantitative estimate of drug-likeness (QED) is 0.404. The number of carbonyl (C=O) groups excluding carboxylic acids is 2. The van der Waals surface area contributed by atoms with Crippen LogP contribution in [0.5, 0.6) is 5.75 Å². The molecule has 0 radical (unpaired) electrons. The third-order valence-corrected chi connectivity index (χ3v) is 5.46. The molecule has 9 heteroatoms. The van der Waals surface area contributed by atoms with E-state index in [1.165, 1.54) is 18.3 Å². The number of hydrazone groups is 1. The number of hydrogen-bond donors (Lipinski definition) is 1. The summed E-state index contributed by atoms with van der Waals surface area (Å²) in [4.78, 5) is 37.2. The van der Waals surface area contributed by atoms with Gasteiger partial charge in [0.05, 0.1) is 16.7 Å². The minimum Gasteiger partial charge on any atom is -0.484 e. The minimum atomic E-state index is -0.515. The summed E-state index contributed by atoms with van der Waals surface area (Å²) in [6.07, 6.45) is 4.35. The number of nitro groups is 1. The second kappa shape index (κ2) is 10.5. The molecule has 1 aliphatic rings. The van der Waals surface area contributed by atoms with E-state index in [0.29, 0.717) is 11.3 Å². The SMILES string of the molecule is CC1CCCC(C)N1C(=O)COc1ccc(C(=O)N/N=C/c2ccccc2[N+](=O)[O-])cc1. The lowest BCUT2D eigenvalue weighted by Gasteiger charge is -2.38. The minimum absolute atomic E-state index is 0.0455. The van der Waals surface area contributed by atoms with E-state index < -0.39 is 10.8 Å². The number of ether oxygens (including phenoxy) is 1. The number of benzene rings is 2. The van der Waals surface area contributed by atoms with Crippen LogP contribution in [0.1, 0.15) is 49.0 Å². The number of nitrogens with zero attached hydrogens (tertiary/aromatic N) is 3. The topological polar surface area (TPSA) is 114 Å². The van der Waals surface area contributed by atoms with Gasteiger partial charge in [0.2, 0.25) is 0 Å². The van der Waals surface area contributed by atoms with Crippen LogP contribution in [0.25, 0.3) is 0 Å². The molecule has 2 atom stereocenters. The Kier molecular flexibility index (Phi) is 7.54. The van der Waals surface area contributed by atoms with Crippen LogP contribution >= 0.6 is 0 Å². The summed E-state index contributed by atoms with van der Waals surface area (Å²) in [5, 5.41) is 14.8. The molecule has 1 fully saturated rings. The highest BCUT2D eigenvalue weighted by Gasteiger charge is 2.28. The van der Waals surface area contributed by atoms with Crippen LogP contribution in [0.4, 0.5) is 5.69 Å². The van der Waals surface area contributed by atoms with E-state index >= 15 is 0 Å². The highest BCUT2D eigenvalue weighted by Crippen LogP contribution is 2.23. The fraction of sp³-hybridized carbons (Fsp3) is 0.348. The number of rotatable bonds is 7. The zero-order valence-corrected chi connectivity index (χ0v) is 18.1. The van der Waals surface area contributed by atoms with Gasteiger partial charge in [-0.05, 0) is 63.4 Å². The molecule has 0 saturated carbocycles. The van der Waals surface area contributed by atoms with Crippen molar-refractivity contribution in [3.8, 4) is 5.75 Å². The Morgan fingerprint density at radius 3 is 2.47 bits per heavy atom. The third-order valence-electron chi connectivity index (χ3n) is 5.46. The van der Waals surface area contributed by atoms with Gasteiger partial charge in [-0.1, -0.05) is 12.1 Å². The number of amides is 2. The molecule has 0 aliphatic carbocycles. The van der Waals surface area contributed by atoms with Gasteiger partial charge in [-0.2, -0.15) is 5.10 Å². The van der Waals surface area contributed by atoms with Crippen molar-refractivity contribution in [3.05, 3.63) is 69.8 Å². The zero-order chi connectivity index (χ0) is 23.1. The van der Waals surface area contributed by atoms with Gasteiger partial charge in [-0.15, -0.1) is 0 Å². The predicted molar refractivity (Wildman–Crippen MR) is 120 cm³/mol. The van der Waals surface area contributed by atoms with Gasteiger partial charge in [-0.25, -0.2) is 5.43 Å². The summed E-state index contributed by atoms with van der Waals surface area (Å²) in [5.41, 5.74) is 2.86. The van der Waals surface area contributed by atoms with Crippen molar-refractivity contribution in [1.82, 2.24) is 10.3 Å². The monoisotopic (exact) mass is 438 g/mol. The van der Waals surface area contributed by atoms with Crippen molar-refractivity contribution in [1.29, 1.82) is 0 Å². The van der Waals surface area contributed by atoms with Crippen LogP contribution in [0, 0.1) is 10.1 Å². The van der Waals surface area contributed by atoms with Crippen molar-refractivity contribution in [3.63, 3.8) is 0 Å². The Labute approximate surface area is 186 Å². The summed E-state index contributed by atoms with van der Waals surface area (Å²) >= 11 is 0. The van der Waals surface area contributed by atoms with Crippen LogP contribution in [-0.4, -0.2) is 46.5 Å². The highest BCUT2D eigenvalue weighted by molar-refractivity contribution is 5.95. The average molecular weight is 438 g/mol. The van der Waals surface area contributed by atoms with Crippen LogP contribution in [-0.2, 0) is 4.79 Å². The fourth-order valence-corrected chi connectivity index (χ4v) is 3.82. The standard InChI is InChI=1S/C23H26N4O5/c1-16-6-5-7-17(2)26(16)22(28)15-32-20-12-10-18(11-13-20)23(29)25-24-14-19-8-3-4-9-21(19)27(30)31/h3-4,8-14,16-17H,5-7,15H2,1-2H3,(H,25,29)/b24-14+. The molecule has 2 unspecified atom stereocenters. The molecule has 0 bridgehead atoms. The Morgan fingerprint density at radius 2 is 1.81 bits per heavy atom. The van der Waals surface area contributed by atoms with E-state index in [0.717, 1.165) is 19.3 Å². The second-order valence-corrected chi connectivity index (χ2v) is 7.76. The van der Waals surface area contributed by atoms with Gasteiger partial charge in [0, 0.05) is 23.7 Å². The molecule has 1 aliphatic heterocycles. The molecular weight excluding hydrogens is 412 g/mol. The van der Waals surface area contributed by atoms with Gasteiger partial charge in [-0.3, -0.25) is 19.7 Å². The first-order valence-corrected chi connectivity index (χ1v) is 10.5. The first-order valence-electron chi connectivity index (χ1n) is 10.5. The Bertz CT molecular complexity index is 996. The Hall–Kier alpha value is -3.75. The lowest BCUT2D eigenvalue weighted by molar-refractivity contribution is -0.385. The van der Waals surface area contributed by atoms with Gasteiger partial charge < -0.3 is 9.64 Å². The first kappa shape index (κ1) is 22.9. The molecule has 1 saturated heterocycles. The van der Waals surface area contributed by atoms with E-state index in [2.05, 4.69) is 24.4 Å². The number of carbonyl (C=O) groups is 2. The second-order valence-electron chi connectivity index (χ2n) is 7.76. The van der Waals surface area contributed by atoms with E-state index in [9.17, 15) is 19.7 Å². The number of nitro benzene ring substituents is 1. The summed E-state index contributed by atoms with van der Waals surface area (Å²) in [6.45, 7) is 4.05. The average Bonchev–Trinajstić information content (AvgIpc) is 2.78. The van der Waals surface area contributed by atoms with E-state index in [1.807, 2.05) is 4.90 Å². The van der Waals surface area contributed by atoms with E-state index in [-0.39, 0.29) is 35.8 Å². The Morgan fingerprint density at radius 1 is 1.16 bits per heavy atom. The van der Waals surface area contributed by atoms with Crippen molar-refractivity contribution >= 4 is 23.7 Å². The van der Waals surface area contributed by atoms with Crippen molar-refractivity contribution in [2.75, 3.05) is 6.61 Å². The molecule has 1 N–H and O–H groups in total. The molecule has 3 rings (SSSR count). The highest BCUT2D eigenvalue weighted by atomic mass is 16.6. The maximum absolute atomic E-state index is 12.5. The molecule has 2 aromatic rings. The van der Waals surface area contributed by atoms with E-state index in [4.69, 9.17) is 4.74 Å². The summed E-state index contributed by atoms with van der Waals surface area (Å²) < 4.78 is 5.61. The molecule has 2 aromatic carbocycles. The molecule has 32 heavy (non-hydrogen) atoms. The number of hydrogen-bond acceptors (Lipinski definition) is 6. The molecular formula is C23H26N4O5. The van der Waals surface area contributed by atoms with Gasteiger partial charge in [0.25, 0.3) is 17.5 Å². The number of piperidine rings is 1. The summed E-state index contributed by atoms with van der Waals surface area (Å²) in [5.74, 6) is -0.0371. The fourth-order valence-electron chi connectivity index (χ4n) is 3.82. The number of para-hydroxylation sites is 1. The summed E-state index contributed by atoms with van der Waals surface area (Å²) in [6, 6.07) is 12.8. The Balaban J connectivity index is 1.53. The van der Waals surface area contributed by atoms with Crippen LogP contribution in [0.3, 0.4) is 0 Å². The van der Waals surface area contributed by atoms with Crippen molar-refractivity contribution in [2.45, 2.75) is 45.2 Å². The molecule has 168 valence electrons. The molecule has 0 spiro atoms. The largest absolute Gasteiger partial charge is 0.484 e. The molecule has 9 nitrogen and oxygen atoms in total. The van der Waals surface area contributed by atoms with Gasteiger partial charge in [0.15, 0.2) is 6.61 Å². The maximum Gasteiger partial charge on any atom is 0.278 e. The zero-order valence-electron chi connectivity index (χ0n) is 18.1. The number of likely N-dealkylation sites (tertiary alicyclic amines) is 1. The van der Waals surface area contributed by atoms with E-state index in [1.54, 1.807) is 36.4 Å². The van der Waals surface area contributed by atoms with Crippen molar-refractivity contribution in [2.24, 2.45) is 5.10 Å². The smallest absolute Gasteiger partial charge is 0.278 e. The lowest BCUT2D eigenvalue weighted by atomic mass is 9.97. The van der Waals surface area contributed by atoms with Crippen molar-refractivity contribution < 1.29 is 19.2 Å². The molecule has 0 aromatic heterocycles. The lowest BCUT2D eigenvalue weighted by Crippen LogP contribution is -2.49. The van der Waals surface area contributed by atoms with Crippen LogP contribution in [0.15, 0.2) is 53.6 Å². The normalized spacial score (nSPS) is 18.4. The maximum atomic E-state index is 12.5. The van der Waals surface area contributed by atoms with Gasteiger partial charge in [0.1, 0.15) is 5.75 Å². The third kappa shape index (κ3) is 5.69. The van der Waals surface area contributed by atoms with Gasteiger partial charge >= 0.3 is 0 Å².